The molecule has 1 aliphatic carbocycles. The Morgan fingerprint density at radius 3 is 2.50 bits per heavy atom. The highest BCUT2D eigenvalue weighted by Gasteiger charge is 2.27. The first-order chi connectivity index (χ1) is 9.54. The minimum atomic E-state index is -0.806. The molecule has 0 bridgehead atoms. The third-order valence-corrected chi connectivity index (χ3v) is 3.69. The first-order valence-electron chi connectivity index (χ1n) is 6.92. The monoisotopic (exact) mass is 276 g/mol. The number of hydrogen-bond acceptors (Lipinski definition) is 3. The van der Waals surface area contributed by atoms with E-state index in [1.165, 1.54) is 0 Å². The van der Waals surface area contributed by atoms with Gasteiger partial charge in [0, 0.05) is 24.1 Å². The summed E-state index contributed by atoms with van der Waals surface area (Å²) in [5.41, 5.74) is 7.50. The summed E-state index contributed by atoms with van der Waals surface area (Å²) in [4.78, 5) is 22.5. The number of carbonyl (C=O) groups excluding carboxylic acids is 1. The number of rotatable bonds is 5. The highest BCUT2D eigenvalue weighted by atomic mass is 16.4. The maximum atomic E-state index is 12.0. The van der Waals surface area contributed by atoms with Crippen LogP contribution in [0, 0.1) is 5.92 Å². The summed E-state index contributed by atoms with van der Waals surface area (Å²) in [6.07, 6.45) is 3.13. The van der Waals surface area contributed by atoms with Crippen LogP contribution in [0.5, 0.6) is 0 Å². The summed E-state index contributed by atoms with van der Waals surface area (Å²) in [5.74, 6) is -0.770. The molecule has 1 fully saturated rings. The Labute approximate surface area is 118 Å². The van der Waals surface area contributed by atoms with E-state index < -0.39 is 5.97 Å². The molecule has 0 spiro atoms. The van der Waals surface area contributed by atoms with Crippen molar-refractivity contribution >= 4 is 17.6 Å². The van der Waals surface area contributed by atoms with Gasteiger partial charge in [0.1, 0.15) is 0 Å². The van der Waals surface area contributed by atoms with E-state index in [1.54, 1.807) is 0 Å². The van der Waals surface area contributed by atoms with E-state index in [0.29, 0.717) is 6.42 Å². The zero-order chi connectivity index (χ0) is 14.5. The second-order valence-electron chi connectivity index (χ2n) is 5.35. The van der Waals surface area contributed by atoms with Gasteiger partial charge in [-0.2, -0.15) is 0 Å². The molecule has 0 radical (unpaired) electrons. The van der Waals surface area contributed by atoms with E-state index in [2.05, 4.69) is 5.32 Å². The molecule has 0 aliphatic heterocycles. The summed E-state index contributed by atoms with van der Waals surface area (Å²) in [6, 6.07) is 7.45. The number of aliphatic carboxylic acids is 1. The number of nitrogens with one attached hydrogen (secondary N) is 1. The SMILES string of the molecule is NC1CCC(C(=O)Nc2ccc(CCC(=O)O)cc2)C1. The number of anilines is 1. The third-order valence-electron chi connectivity index (χ3n) is 3.69. The van der Waals surface area contributed by atoms with Crippen LogP contribution < -0.4 is 11.1 Å². The minimum absolute atomic E-state index is 0.0108. The average Bonchev–Trinajstić information content (AvgIpc) is 2.85. The van der Waals surface area contributed by atoms with Gasteiger partial charge in [-0.1, -0.05) is 12.1 Å². The molecule has 5 heteroatoms. The van der Waals surface area contributed by atoms with Gasteiger partial charge in [-0.05, 0) is 43.4 Å². The van der Waals surface area contributed by atoms with Crippen molar-refractivity contribution in [3.8, 4) is 0 Å². The Morgan fingerprint density at radius 2 is 1.95 bits per heavy atom. The molecule has 1 saturated carbocycles. The molecule has 0 aromatic heterocycles. The molecule has 1 aliphatic rings. The number of carboxylic acids is 1. The molecule has 108 valence electrons. The van der Waals surface area contributed by atoms with E-state index in [1.807, 2.05) is 24.3 Å². The van der Waals surface area contributed by atoms with Gasteiger partial charge < -0.3 is 16.2 Å². The first kappa shape index (κ1) is 14.5. The summed E-state index contributed by atoms with van der Waals surface area (Å²) in [7, 11) is 0. The maximum Gasteiger partial charge on any atom is 0.303 e. The van der Waals surface area contributed by atoms with Crippen LogP contribution in [0.15, 0.2) is 24.3 Å². The smallest absolute Gasteiger partial charge is 0.303 e. The van der Waals surface area contributed by atoms with Gasteiger partial charge >= 0.3 is 5.97 Å². The van der Waals surface area contributed by atoms with Crippen molar-refractivity contribution in [1.29, 1.82) is 0 Å². The number of hydrogen-bond donors (Lipinski definition) is 3. The quantitative estimate of drug-likeness (QED) is 0.764. The van der Waals surface area contributed by atoms with Crippen LogP contribution in [0.1, 0.15) is 31.2 Å². The highest BCUT2D eigenvalue weighted by Crippen LogP contribution is 2.25. The predicted octanol–water partition coefficient (Wildman–Crippen LogP) is 1.77. The van der Waals surface area contributed by atoms with Gasteiger partial charge in [0.05, 0.1) is 0 Å². The summed E-state index contributed by atoms with van der Waals surface area (Å²) >= 11 is 0. The molecule has 0 saturated heterocycles. The van der Waals surface area contributed by atoms with Crippen LogP contribution in [0.25, 0.3) is 0 Å². The Kier molecular flexibility index (Phi) is 4.74. The lowest BCUT2D eigenvalue weighted by atomic mass is 10.1. The van der Waals surface area contributed by atoms with Gasteiger partial charge in [0.25, 0.3) is 0 Å². The topological polar surface area (TPSA) is 92.4 Å². The second-order valence-corrected chi connectivity index (χ2v) is 5.35. The van der Waals surface area contributed by atoms with Gasteiger partial charge in [0.15, 0.2) is 0 Å². The van der Waals surface area contributed by atoms with Crippen molar-refractivity contribution in [2.45, 2.75) is 38.1 Å². The molecule has 20 heavy (non-hydrogen) atoms. The summed E-state index contributed by atoms with van der Waals surface area (Å²) in [6.45, 7) is 0. The van der Waals surface area contributed by atoms with Crippen LogP contribution in [-0.2, 0) is 16.0 Å². The molecule has 4 N–H and O–H groups in total. The van der Waals surface area contributed by atoms with Gasteiger partial charge in [-0.25, -0.2) is 0 Å². The Bertz CT molecular complexity index is 484. The minimum Gasteiger partial charge on any atom is -0.481 e. The first-order valence-corrected chi connectivity index (χ1v) is 6.92. The molecule has 5 nitrogen and oxygen atoms in total. The zero-order valence-electron chi connectivity index (χ0n) is 11.3. The number of carbonyl (C=O) groups is 2. The largest absolute Gasteiger partial charge is 0.481 e. The molecule has 1 amide bonds. The van der Waals surface area contributed by atoms with Crippen molar-refractivity contribution in [3.63, 3.8) is 0 Å². The van der Waals surface area contributed by atoms with Crippen molar-refractivity contribution in [3.05, 3.63) is 29.8 Å². The lowest BCUT2D eigenvalue weighted by Gasteiger charge is -2.11. The number of amides is 1. The lowest BCUT2D eigenvalue weighted by molar-refractivity contribution is -0.137. The summed E-state index contributed by atoms with van der Waals surface area (Å²) < 4.78 is 0. The van der Waals surface area contributed by atoms with Crippen molar-refractivity contribution < 1.29 is 14.7 Å². The zero-order valence-corrected chi connectivity index (χ0v) is 11.3. The number of aryl methyl sites for hydroxylation is 1. The summed E-state index contributed by atoms with van der Waals surface area (Å²) in [5, 5.41) is 11.5. The van der Waals surface area contributed by atoms with Crippen molar-refractivity contribution in [1.82, 2.24) is 0 Å². The molecule has 2 rings (SSSR count). The molecule has 0 heterocycles. The Balaban J connectivity index is 1.87. The van der Waals surface area contributed by atoms with Crippen LogP contribution in [0.4, 0.5) is 5.69 Å². The fraction of sp³-hybridized carbons (Fsp3) is 0.467. The van der Waals surface area contributed by atoms with Crippen molar-refractivity contribution in [2.75, 3.05) is 5.32 Å². The van der Waals surface area contributed by atoms with E-state index in [0.717, 1.165) is 30.5 Å². The number of carboxylic acid groups (broad SMARTS) is 1. The fourth-order valence-electron chi connectivity index (χ4n) is 2.50. The van der Waals surface area contributed by atoms with Crippen LogP contribution in [-0.4, -0.2) is 23.0 Å². The average molecular weight is 276 g/mol. The van der Waals surface area contributed by atoms with E-state index in [4.69, 9.17) is 10.8 Å². The standard InChI is InChI=1S/C15H20N2O3/c16-12-5-4-11(9-12)15(20)17-13-6-1-10(2-7-13)3-8-14(18)19/h1-2,6-7,11-12H,3-5,8-9,16H2,(H,17,20)(H,18,19). The van der Waals surface area contributed by atoms with Crippen LogP contribution in [0.3, 0.4) is 0 Å². The Hall–Kier alpha value is -1.88. The highest BCUT2D eigenvalue weighted by molar-refractivity contribution is 5.92. The molecular formula is C15H20N2O3. The molecule has 1 aromatic rings. The molecule has 2 unspecified atom stereocenters. The second kappa shape index (κ2) is 6.52. The lowest BCUT2D eigenvalue weighted by Crippen LogP contribution is -2.23. The van der Waals surface area contributed by atoms with Crippen molar-refractivity contribution in [2.24, 2.45) is 11.7 Å². The molecule has 1 aromatic carbocycles. The third kappa shape index (κ3) is 4.06. The molecule has 2 atom stereocenters. The van der Waals surface area contributed by atoms with E-state index in [-0.39, 0.29) is 24.3 Å². The number of benzene rings is 1. The van der Waals surface area contributed by atoms with Gasteiger partial charge in [-0.15, -0.1) is 0 Å². The van der Waals surface area contributed by atoms with Crippen LogP contribution in [0.2, 0.25) is 0 Å². The Morgan fingerprint density at radius 1 is 1.25 bits per heavy atom. The molecular weight excluding hydrogens is 256 g/mol. The van der Waals surface area contributed by atoms with Gasteiger partial charge in [-0.3, -0.25) is 9.59 Å². The van der Waals surface area contributed by atoms with E-state index >= 15 is 0 Å². The normalized spacial score (nSPS) is 21.6. The van der Waals surface area contributed by atoms with Crippen LogP contribution >= 0.6 is 0 Å². The maximum absolute atomic E-state index is 12.0. The fourth-order valence-corrected chi connectivity index (χ4v) is 2.50. The predicted molar refractivity (Wildman–Crippen MR) is 76.3 cm³/mol. The van der Waals surface area contributed by atoms with E-state index in [9.17, 15) is 9.59 Å². The van der Waals surface area contributed by atoms with Gasteiger partial charge in [0.2, 0.25) is 5.91 Å². The number of nitrogens with two attached hydrogens (primary N) is 1.